The molecule has 0 spiro atoms. The van der Waals surface area contributed by atoms with Gasteiger partial charge in [-0.1, -0.05) is 13.0 Å². The zero-order chi connectivity index (χ0) is 12.3. The van der Waals surface area contributed by atoms with E-state index in [4.69, 9.17) is 0 Å². The van der Waals surface area contributed by atoms with Crippen molar-refractivity contribution in [3.8, 4) is 0 Å². The van der Waals surface area contributed by atoms with Crippen LogP contribution in [0.5, 0.6) is 0 Å². The number of nitrogens with two attached hydrogens (primary N) is 1. The van der Waals surface area contributed by atoms with Gasteiger partial charge in [-0.15, -0.1) is 0 Å². The monoisotopic (exact) mass is 215 g/mol. The summed E-state index contributed by atoms with van der Waals surface area (Å²) >= 11 is 0. The first-order valence-electron chi connectivity index (χ1n) is 4.75. The normalized spacial score (nSPS) is 9.67. The minimum Gasteiger partial charge on any atom is -0.370 e. The van der Waals surface area contributed by atoms with Gasteiger partial charge in [0.05, 0.1) is 0 Å². The van der Waals surface area contributed by atoms with Crippen LogP contribution in [0.2, 0.25) is 0 Å². The van der Waals surface area contributed by atoms with Crippen LogP contribution in [0, 0.1) is 0 Å². The van der Waals surface area contributed by atoms with E-state index in [0.29, 0.717) is 6.42 Å². The molecular formula is C10H21N3O2. The van der Waals surface area contributed by atoms with Gasteiger partial charge in [0.1, 0.15) is 0 Å². The lowest BCUT2D eigenvalue weighted by Crippen LogP contribution is -2.16. The largest absolute Gasteiger partial charge is 0.370 e. The molecule has 0 rings (SSSR count). The second-order valence-electron chi connectivity index (χ2n) is 3.10. The average molecular weight is 215 g/mol. The Balaban J connectivity index is 0. The van der Waals surface area contributed by atoms with Crippen LogP contribution < -0.4 is 11.1 Å². The Hall–Kier alpha value is -1.36. The minimum absolute atomic E-state index is 0.0538. The van der Waals surface area contributed by atoms with E-state index < -0.39 is 0 Å². The van der Waals surface area contributed by atoms with Gasteiger partial charge in [-0.25, -0.2) is 0 Å². The number of hydrogen-bond acceptors (Lipinski definition) is 3. The molecule has 88 valence electrons. The Kier molecular flexibility index (Phi) is 11.5. The number of primary amides is 1. The molecular weight excluding hydrogens is 194 g/mol. The summed E-state index contributed by atoms with van der Waals surface area (Å²) in [4.78, 5) is 22.2. The van der Waals surface area contributed by atoms with E-state index in [1.807, 2.05) is 25.1 Å². The lowest BCUT2D eigenvalue weighted by Gasteiger charge is -2.02. The van der Waals surface area contributed by atoms with Crippen molar-refractivity contribution in [2.45, 2.75) is 13.3 Å². The third-order valence-electron chi connectivity index (χ3n) is 1.33. The second kappa shape index (κ2) is 10.7. The van der Waals surface area contributed by atoms with Crippen molar-refractivity contribution in [2.75, 3.05) is 27.7 Å². The topological polar surface area (TPSA) is 75.4 Å². The summed E-state index contributed by atoms with van der Waals surface area (Å²) in [5.41, 5.74) is 4.65. The van der Waals surface area contributed by atoms with Gasteiger partial charge in [-0.05, 0) is 14.1 Å². The van der Waals surface area contributed by atoms with E-state index in [2.05, 4.69) is 11.1 Å². The number of likely N-dealkylation sites (N-methyl/N-ethyl adjacent to an activating group) is 2. The van der Waals surface area contributed by atoms with Crippen molar-refractivity contribution in [2.24, 2.45) is 5.73 Å². The van der Waals surface area contributed by atoms with Crippen LogP contribution in [0.25, 0.3) is 0 Å². The molecule has 0 aromatic heterocycles. The molecule has 0 radical (unpaired) electrons. The lowest BCUT2D eigenvalue weighted by molar-refractivity contribution is -0.118. The summed E-state index contributed by atoms with van der Waals surface area (Å²) in [6.07, 6.45) is 3.79. The summed E-state index contributed by atoms with van der Waals surface area (Å²) in [5, 5.41) is 2.49. The van der Waals surface area contributed by atoms with Crippen molar-refractivity contribution in [3.63, 3.8) is 0 Å². The quantitative estimate of drug-likeness (QED) is 0.634. The Morgan fingerprint density at radius 3 is 2.13 bits per heavy atom. The Bertz CT molecular complexity index is 213. The predicted octanol–water partition coefficient (Wildman–Crippen LogP) is -0.268. The van der Waals surface area contributed by atoms with Crippen LogP contribution in [-0.2, 0) is 9.59 Å². The molecule has 2 amide bonds. The molecule has 5 nitrogen and oxygen atoms in total. The summed E-state index contributed by atoms with van der Waals surface area (Å²) < 4.78 is 0. The fourth-order valence-corrected chi connectivity index (χ4v) is 0.454. The van der Waals surface area contributed by atoms with Crippen molar-refractivity contribution >= 4 is 11.8 Å². The molecule has 0 bridgehead atoms. The molecule has 0 unspecified atom stereocenters. The number of nitrogens with zero attached hydrogens (tertiary/aromatic N) is 1. The first-order chi connectivity index (χ1) is 6.93. The van der Waals surface area contributed by atoms with Crippen molar-refractivity contribution < 1.29 is 9.59 Å². The summed E-state index contributed by atoms with van der Waals surface area (Å²) in [7, 11) is 5.52. The van der Waals surface area contributed by atoms with Crippen LogP contribution >= 0.6 is 0 Å². The highest BCUT2D eigenvalue weighted by Gasteiger charge is 1.87. The number of carbonyl (C=O) groups is 2. The Morgan fingerprint density at radius 1 is 1.40 bits per heavy atom. The number of carbonyl (C=O) groups excluding carboxylic acids is 2. The molecule has 0 aromatic rings. The second-order valence-corrected chi connectivity index (χ2v) is 3.10. The number of nitrogens with one attached hydrogen (secondary N) is 1. The molecule has 0 saturated heterocycles. The maximum Gasteiger partial charge on any atom is 0.243 e. The van der Waals surface area contributed by atoms with Crippen LogP contribution in [-0.4, -0.2) is 44.4 Å². The van der Waals surface area contributed by atoms with E-state index in [1.54, 1.807) is 14.0 Å². The molecule has 0 saturated carbocycles. The standard InChI is InChI=1S/C7H14N2O.C3H7NO/c1-8-7(10)5-4-6-9(2)3;1-2-3(4)5/h4-5H,6H2,1-3H3,(H,8,10);2H2,1H3,(H2,4,5). The van der Waals surface area contributed by atoms with E-state index in [-0.39, 0.29) is 11.8 Å². The van der Waals surface area contributed by atoms with Crippen molar-refractivity contribution in [1.29, 1.82) is 0 Å². The van der Waals surface area contributed by atoms with E-state index in [1.165, 1.54) is 6.08 Å². The van der Waals surface area contributed by atoms with Crippen LogP contribution in [0.15, 0.2) is 12.2 Å². The SMILES string of the molecule is CCC(N)=O.CNC(=O)C=CCN(C)C. The van der Waals surface area contributed by atoms with Crippen LogP contribution in [0.4, 0.5) is 0 Å². The molecule has 0 aromatic carbocycles. The highest BCUT2D eigenvalue weighted by molar-refractivity contribution is 5.87. The number of amides is 2. The molecule has 0 heterocycles. The zero-order valence-electron chi connectivity index (χ0n) is 9.91. The summed E-state index contributed by atoms with van der Waals surface area (Å²) in [5.74, 6) is -0.299. The predicted molar refractivity (Wildman–Crippen MR) is 61.2 cm³/mol. The third kappa shape index (κ3) is 19.2. The Morgan fingerprint density at radius 2 is 1.87 bits per heavy atom. The molecule has 0 aliphatic heterocycles. The van der Waals surface area contributed by atoms with Crippen LogP contribution in [0.1, 0.15) is 13.3 Å². The van der Waals surface area contributed by atoms with Crippen LogP contribution in [0.3, 0.4) is 0 Å². The molecule has 5 heteroatoms. The van der Waals surface area contributed by atoms with E-state index in [0.717, 1.165) is 6.54 Å². The number of hydrogen-bond donors (Lipinski definition) is 2. The molecule has 0 aliphatic rings. The zero-order valence-corrected chi connectivity index (χ0v) is 9.91. The maximum atomic E-state index is 10.6. The molecule has 0 aliphatic carbocycles. The fraction of sp³-hybridized carbons (Fsp3) is 0.600. The minimum atomic E-state index is -0.245. The van der Waals surface area contributed by atoms with Gasteiger partial charge in [-0.3, -0.25) is 9.59 Å². The molecule has 15 heavy (non-hydrogen) atoms. The Labute approximate surface area is 91.3 Å². The summed E-state index contributed by atoms with van der Waals surface area (Å²) in [6, 6.07) is 0. The van der Waals surface area contributed by atoms with Crippen molar-refractivity contribution in [3.05, 3.63) is 12.2 Å². The van der Waals surface area contributed by atoms with Gasteiger partial charge >= 0.3 is 0 Å². The van der Waals surface area contributed by atoms with Gasteiger partial charge in [0.2, 0.25) is 11.8 Å². The molecule has 0 atom stereocenters. The first kappa shape index (κ1) is 16.1. The highest BCUT2D eigenvalue weighted by Crippen LogP contribution is 1.76. The van der Waals surface area contributed by atoms with Gasteiger partial charge in [0, 0.05) is 26.1 Å². The third-order valence-corrected chi connectivity index (χ3v) is 1.33. The van der Waals surface area contributed by atoms with Gasteiger partial charge in [-0.2, -0.15) is 0 Å². The maximum absolute atomic E-state index is 10.6. The van der Waals surface area contributed by atoms with Gasteiger partial charge in [0.15, 0.2) is 0 Å². The first-order valence-corrected chi connectivity index (χ1v) is 4.75. The molecule has 0 fully saturated rings. The van der Waals surface area contributed by atoms with Gasteiger partial charge in [0.25, 0.3) is 0 Å². The van der Waals surface area contributed by atoms with E-state index >= 15 is 0 Å². The lowest BCUT2D eigenvalue weighted by atomic mass is 10.4. The van der Waals surface area contributed by atoms with Crippen molar-refractivity contribution in [1.82, 2.24) is 10.2 Å². The fourth-order valence-electron chi connectivity index (χ4n) is 0.454. The smallest absolute Gasteiger partial charge is 0.243 e. The molecule has 3 N–H and O–H groups in total. The van der Waals surface area contributed by atoms with Gasteiger partial charge < -0.3 is 16.0 Å². The van der Waals surface area contributed by atoms with E-state index in [9.17, 15) is 9.59 Å². The summed E-state index contributed by atoms with van der Waals surface area (Å²) in [6.45, 7) is 2.52. The highest BCUT2D eigenvalue weighted by atomic mass is 16.1. The average Bonchev–Trinajstić information content (AvgIpc) is 2.17. The number of rotatable bonds is 4.